The zero-order valence-electron chi connectivity index (χ0n) is 13.5. The van der Waals surface area contributed by atoms with Gasteiger partial charge in [-0.2, -0.15) is 14.6 Å². The van der Waals surface area contributed by atoms with Crippen LogP contribution in [0.5, 0.6) is 5.75 Å². The minimum absolute atomic E-state index is 0.0559. The van der Waals surface area contributed by atoms with Crippen molar-refractivity contribution in [3.8, 4) is 17.5 Å². The van der Waals surface area contributed by atoms with E-state index in [1.165, 1.54) is 4.68 Å². The van der Waals surface area contributed by atoms with Crippen LogP contribution in [0.25, 0.3) is 11.8 Å². The summed E-state index contributed by atoms with van der Waals surface area (Å²) in [6.45, 7) is 0.0559. The number of nitrogens with zero attached hydrogens (tertiary/aromatic N) is 5. The normalized spacial score (nSPS) is 11.1. The number of ether oxygens (including phenoxy) is 1. The summed E-state index contributed by atoms with van der Waals surface area (Å²) in [5, 5.41) is 17.1. The first kappa shape index (κ1) is 16.2. The van der Waals surface area contributed by atoms with Gasteiger partial charge < -0.3 is 4.74 Å². The van der Waals surface area contributed by atoms with E-state index in [9.17, 15) is 10.1 Å². The van der Waals surface area contributed by atoms with Gasteiger partial charge in [0.05, 0.1) is 31.0 Å². The first-order valence-corrected chi connectivity index (χ1v) is 7.54. The second-order valence-corrected chi connectivity index (χ2v) is 5.22. The Morgan fingerprint density at radius 1 is 1.16 bits per heavy atom. The predicted octanol–water partition coefficient (Wildman–Crippen LogP) is 2.04. The van der Waals surface area contributed by atoms with Crippen molar-refractivity contribution in [2.24, 2.45) is 0 Å². The fourth-order valence-corrected chi connectivity index (χ4v) is 2.28. The largest absolute Gasteiger partial charge is 0.497 e. The van der Waals surface area contributed by atoms with Crippen LogP contribution in [0.4, 0.5) is 0 Å². The van der Waals surface area contributed by atoms with E-state index in [4.69, 9.17) is 4.74 Å². The van der Waals surface area contributed by atoms with Crippen molar-refractivity contribution in [3.63, 3.8) is 0 Å². The van der Waals surface area contributed by atoms with E-state index < -0.39 is 5.69 Å². The van der Waals surface area contributed by atoms with Crippen LogP contribution in [-0.4, -0.2) is 26.9 Å². The third-order valence-corrected chi connectivity index (χ3v) is 3.56. The lowest BCUT2D eigenvalue weighted by atomic mass is 10.1. The van der Waals surface area contributed by atoms with Crippen LogP contribution in [0.1, 0.15) is 5.56 Å². The average Bonchev–Trinajstić information content (AvgIpc) is 3.02. The molecule has 0 amide bonds. The Hall–Kier alpha value is -3.66. The lowest BCUT2D eigenvalue weighted by Gasteiger charge is -2.01. The summed E-state index contributed by atoms with van der Waals surface area (Å²) >= 11 is 0. The monoisotopic (exact) mass is 333 g/mol. The summed E-state index contributed by atoms with van der Waals surface area (Å²) in [4.78, 5) is 12.5. The highest BCUT2D eigenvalue weighted by molar-refractivity contribution is 5.56. The molecule has 0 fully saturated rings. The van der Waals surface area contributed by atoms with E-state index in [2.05, 4.69) is 16.5 Å². The van der Waals surface area contributed by atoms with E-state index in [0.717, 1.165) is 10.2 Å². The van der Waals surface area contributed by atoms with Crippen LogP contribution in [0.2, 0.25) is 0 Å². The molecule has 0 bridgehead atoms. The zero-order chi connectivity index (χ0) is 17.6. The summed E-state index contributed by atoms with van der Waals surface area (Å²) in [5.74, 6) is 0.682. The highest BCUT2D eigenvalue weighted by atomic mass is 16.5. The Morgan fingerprint density at radius 3 is 2.52 bits per heavy atom. The number of methoxy groups -OCH3 is 1. The Morgan fingerprint density at radius 2 is 1.88 bits per heavy atom. The number of allylic oxidation sites excluding steroid dienone is 1. The van der Waals surface area contributed by atoms with E-state index in [-0.39, 0.29) is 6.54 Å². The van der Waals surface area contributed by atoms with Crippen LogP contribution in [0.3, 0.4) is 0 Å². The van der Waals surface area contributed by atoms with Gasteiger partial charge in [-0.1, -0.05) is 30.3 Å². The number of hydrogen-bond acceptors (Lipinski definition) is 5. The minimum atomic E-state index is -0.417. The number of benzene rings is 2. The third kappa shape index (κ3) is 3.64. The molecule has 0 spiro atoms. The maximum Gasteiger partial charge on any atom is 0.368 e. The van der Waals surface area contributed by atoms with E-state index >= 15 is 0 Å². The van der Waals surface area contributed by atoms with Crippen molar-refractivity contribution in [1.82, 2.24) is 19.8 Å². The zero-order valence-corrected chi connectivity index (χ0v) is 13.5. The summed E-state index contributed by atoms with van der Waals surface area (Å²) in [6, 6.07) is 18.4. The fourth-order valence-electron chi connectivity index (χ4n) is 2.28. The van der Waals surface area contributed by atoms with Crippen molar-refractivity contribution in [2.45, 2.75) is 6.54 Å². The summed E-state index contributed by atoms with van der Waals surface area (Å²) < 4.78 is 7.42. The van der Waals surface area contributed by atoms with Crippen molar-refractivity contribution < 1.29 is 4.74 Å². The standard InChI is InChI=1S/C18H15N5O2/c1-25-17-9-7-16(8-10-17)23-18(24)22(20-21-23)13-15(12-19)11-14-5-3-2-4-6-14/h2-11H,13H2,1H3/b15-11+. The molecule has 2 aromatic carbocycles. The smallest absolute Gasteiger partial charge is 0.368 e. The van der Waals surface area contributed by atoms with Crippen molar-refractivity contribution >= 4 is 6.08 Å². The molecule has 7 nitrogen and oxygen atoms in total. The van der Waals surface area contributed by atoms with Crippen molar-refractivity contribution in [2.75, 3.05) is 7.11 Å². The summed E-state index contributed by atoms with van der Waals surface area (Å²) in [5.41, 5.74) is 1.45. The number of rotatable bonds is 5. The van der Waals surface area contributed by atoms with Gasteiger partial charge in [-0.3, -0.25) is 0 Å². The third-order valence-electron chi connectivity index (χ3n) is 3.56. The molecule has 0 N–H and O–H groups in total. The van der Waals surface area contributed by atoms with Crippen LogP contribution < -0.4 is 10.4 Å². The van der Waals surface area contributed by atoms with Gasteiger partial charge in [-0.15, -0.1) is 0 Å². The first-order chi connectivity index (χ1) is 12.2. The maximum absolute atomic E-state index is 12.5. The summed E-state index contributed by atoms with van der Waals surface area (Å²) in [7, 11) is 1.57. The predicted molar refractivity (Wildman–Crippen MR) is 92.2 cm³/mol. The van der Waals surface area contributed by atoms with Gasteiger partial charge in [0.25, 0.3) is 0 Å². The molecule has 0 aliphatic heterocycles. The second-order valence-electron chi connectivity index (χ2n) is 5.22. The van der Waals surface area contributed by atoms with E-state index in [0.29, 0.717) is 17.0 Å². The number of aromatic nitrogens is 4. The quantitative estimate of drug-likeness (QED) is 0.667. The molecule has 124 valence electrons. The molecule has 0 saturated carbocycles. The average molecular weight is 333 g/mol. The molecule has 0 aliphatic rings. The molecule has 0 saturated heterocycles. The first-order valence-electron chi connectivity index (χ1n) is 7.54. The minimum Gasteiger partial charge on any atom is -0.497 e. The van der Waals surface area contributed by atoms with Crippen molar-refractivity contribution in [1.29, 1.82) is 5.26 Å². The molecule has 3 rings (SSSR count). The molecule has 0 aliphatic carbocycles. The maximum atomic E-state index is 12.5. The van der Waals surface area contributed by atoms with Gasteiger partial charge in [-0.05, 0) is 46.3 Å². The number of nitriles is 1. The lowest BCUT2D eigenvalue weighted by molar-refractivity contribution is 0.414. The molecule has 7 heteroatoms. The molecule has 25 heavy (non-hydrogen) atoms. The molecule has 0 radical (unpaired) electrons. The van der Waals surface area contributed by atoms with Gasteiger partial charge >= 0.3 is 5.69 Å². The van der Waals surface area contributed by atoms with Gasteiger partial charge in [0, 0.05) is 0 Å². The highest BCUT2D eigenvalue weighted by Gasteiger charge is 2.10. The molecule has 3 aromatic rings. The second kappa shape index (κ2) is 7.27. The summed E-state index contributed by atoms with van der Waals surface area (Å²) in [6.07, 6.45) is 1.72. The van der Waals surface area contributed by atoms with Crippen LogP contribution in [-0.2, 0) is 6.54 Å². The molecule has 0 unspecified atom stereocenters. The molecular formula is C18H15N5O2. The Bertz CT molecular complexity index is 979. The molecule has 1 aromatic heterocycles. The molecule has 1 heterocycles. The van der Waals surface area contributed by atoms with Crippen LogP contribution >= 0.6 is 0 Å². The lowest BCUT2D eigenvalue weighted by Crippen LogP contribution is -2.24. The van der Waals surface area contributed by atoms with Gasteiger partial charge in [0.15, 0.2) is 0 Å². The number of tetrazole rings is 1. The SMILES string of the molecule is COc1ccc(-n2nnn(C/C(C#N)=C/c3ccccc3)c2=O)cc1. The van der Waals surface area contributed by atoms with Crippen LogP contribution in [0, 0.1) is 11.3 Å². The Labute approximate surface area is 144 Å². The van der Waals surface area contributed by atoms with Gasteiger partial charge in [0.2, 0.25) is 0 Å². The Balaban J connectivity index is 1.86. The molecular weight excluding hydrogens is 318 g/mol. The van der Waals surface area contributed by atoms with Gasteiger partial charge in [-0.25, -0.2) is 4.79 Å². The van der Waals surface area contributed by atoms with Crippen LogP contribution in [0.15, 0.2) is 65.0 Å². The van der Waals surface area contributed by atoms with E-state index in [1.807, 2.05) is 30.3 Å². The van der Waals surface area contributed by atoms with Crippen molar-refractivity contribution in [3.05, 3.63) is 76.2 Å². The van der Waals surface area contributed by atoms with Gasteiger partial charge in [0.1, 0.15) is 5.75 Å². The Kier molecular flexibility index (Phi) is 4.72. The fraction of sp³-hybridized carbons (Fsp3) is 0.111. The highest BCUT2D eigenvalue weighted by Crippen LogP contribution is 2.13. The molecule has 0 atom stereocenters. The number of hydrogen-bond donors (Lipinski definition) is 0. The topological polar surface area (TPSA) is 85.7 Å². The van der Waals surface area contributed by atoms with E-state index in [1.54, 1.807) is 37.5 Å².